The van der Waals surface area contributed by atoms with Gasteiger partial charge in [0.05, 0.1) is 37.8 Å². The van der Waals surface area contributed by atoms with E-state index in [2.05, 4.69) is 9.88 Å². The average Bonchev–Trinajstić information content (AvgIpc) is 3.69. The number of phosphoric ester groups is 1. The van der Waals surface area contributed by atoms with Gasteiger partial charge in [0.2, 0.25) is 11.7 Å². The molecular formula is C28H35N3O8P2. The second kappa shape index (κ2) is 12.6. The second-order valence-corrected chi connectivity index (χ2v) is 13.2. The van der Waals surface area contributed by atoms with Crippen LogP contribution >= 0.6 is 15.4 Å². The first-order valence-corrected chi connectivity index (χ1v) is 16.6. The highest BCUT2D eigenvalue weighted by molar-refractivity contribution is 7.55. The third kappa shape index (κ3) is 6.68. The Hall–Kier alpha value is -2.75. The van der Waals surface area contributed by atoms with E-state index in [4.69, 9.17) is 32.0 Å². The summed E-state index contributed by atoms with van der Waals surface area (Å²) in [6, 6.07) is 17.5. The van der Waals surface area contributed by atoms with Crippen LogP contribution in [0.5, 0.6) is 0 Å². The van der Waals surface area contributed by atoms with Crippen molar-refractivity contribution < 1.29 is 36.2 Å². The van der Waals surface area contributed by atoms with Crippen molar-refractivity contribution in [1.82, 2.24) is 9.97 Å². The molecule has 1 saturated heterocycles. The van der Waals surface area contributed by atoms with Gasteiger partial charge in [-0.25, -0.2) is 9.55 Å². The molecule has 1 fully saturated rings. The summed E-state index contributed by atoms with van der Waals surface area (Å²) in [4.78, 5) is 10.1. The molecule has 1 aliphatic rings. The Kier molecular flexibility index (Phi) is 9.16. The zero-order valence-corrected chi connectivity index (χ0v) is 25.4. The minimum absolute atomic E-state index is 0.0832. The number of rotatable bonds is 13. The number of aryl methyl sites for hydroxylation is 1. The molecule has 13 heteroatoms. The molecule has 0 saturated carbocycles. The lowest BCUT2D eigenvalue weighted by Crippen LogP contribution is -2.20. The van der Waals surface area contributed by atoms with Gasteiger partial charge in [-0.2, -0.15) is 0 Å². The van der Waals surface area contributed by atoms with Crippen LogP contribution in [0.1, 0.15) is 36.8 Å². The van der Waals surface area contributed by atoms with E-state index < -0.39 is 21.3 Å². The number of benzene rings is 2. The zero-order chi connectivity index (χ0) is 29.0. The summed E-state index contributed by atoms with van der Waals surface area (Å²) in [7, 11) is -5.85. The summed E-state index contributed by atoms with van der Waals surface area (Å²) in [5.74, 6) is 0.0946. The molecule has 1 aliphatic heterocycles. The highest BCUT2D eigenvalue weighted by Gasteiger charge is 2.47. The highest BCUT2D eigenvalue weighted by atomic mass is 31.2. The molecule has 5 rings (SSSR count). The molecule has 1 unspecified atom stereocenters. The molecule has 0 aliphatic carbocycles. The van der Waals surface area contributed by atoms with Gasteiger partial charge in [-0.15, -0.1) is 0 Å². The first kappa shape index (κ1) is 29.7. The van der Waals surface area contributed by atoms with Crippen LogP contribution in [-0.2, 0) is 38.2 Å². The van der Waals surface area contributed by atoms with E-state index in [0.29, 0.717) is 24.6 Å². The van der Waals surface area contributed by atoms with Crippen LogP contribution in [0, 0.1) is 6.92 Å². The number of phosphoric acid groups is 1. The van der Waals surface area contributed by atoms with Crippen LogP contribution in [0.15, 0.2) is 59.0 Å². The van der Waals surface area contributed by atoms with Crippen molar-refractivity contribution in [3.8, 4) is 11.5 Å². The molecule has 1 atom stereocenters. The fourth-order valence-electron chi connectivity index (χ4n) is 4.60. The zero-order valence-electron chi connectivity index (χ0n) is 23.6. The minimum Gasteiger partial charge on any atom is -0.441 e. The van der Waals surface area contributed by atoms with Gasteiger partial charge in [-0.3, -0.25) is 18.1 Å². The van der Waals surface area contributed by atoms with E-state index in [9.17, 15) is 9.13 Å². The van der Waals surface area contributed by atoms with E-state index in [0.717, 1.165) is 33.6 Å². The summed E-state index contributed by atoms with van der Waals surface area (Å²) in [5.41, 5.74) is 3.97. The molecular weight excluding hydrogens is 568 g/mol. The van der Waals surface area contributed by atoms with Crippen molar-refractivity contribution in [1.29, 1.82) is 0 Å². The SMILES string of the molecule is CCOP(=O)(OCC)OC(c1cc2ccc(N(C)CCc3nc(-c4ccccc4)oc3C)cc2[nH]1)P1(=O)OCCO1. The summed E-state index contributed by atoms with van der Waals surface area (Å²) >= 11 is 0. The summed E-state index contributed by atoms with van der Waals surface area (Å²) in [6.07, 6.45) is 0.699. The van der Waals surface area contributed by atoms with Crippen molar-refractivity contribution in [3.63, 3.8) is 0 Å². The highest BCUT2D eigenvalue weighted by Crippen LogP contribution is 2.69. The van der Waals surface area contributed by atoms with Crippen molar-refractivity contribution in [2.75, 3.05) is 44.9 Å². The van der Waals surface area contributed by atoms with Gasteiger partial charge in [0.25, 0.3) is 0 Å². The molecule has 41 heavy (non-hydrogen) atoms. The molecule has 0 spiro atoms. The van der Waals surface area contributed by atoms with Gasteiger partial charge >= 0.3 is 15.4 Å². The lowest BCUT2D eigenvalue weighted by Gasteiger charge is -2.25. The Bertz CT molecular complexity index is 1550. The summed E-state index contributed by atoms with van der Waals surface area (Å²) in [6.45, 7) is 6.41. The lowest BCUT2D eigenvalue weighted by molar-refractivity contribution is 0.0983. The second-order valence-electron chi connectivity index (χ2n) is 9.50. The number of hydrogen-bond acceptors (Lipinski definition) is 10. The van der Waals surface area contributed by atoms with E-state index in [1.807, 2.05) is 62.5 Å². The lowest BCUT2D eigenvalue weighted by atomic mass is 10.2. The van der Waals surface area contributed by atoms with Crippen LogP contribution in [0.25, 0.3) is 22.4 Å². The largest absolute Gasteiger partial charge is 0.476 e. The monoisotopic (exact) mass is 603 g/mol. The van der Waals surface area contributed by atoms with Gasteiger partial charge in [0.15, 0.2) is 0 Å². The molecule has 2 aromatic heterocycles. The summed E-state index contributed by atoms with van der Waals surface area (Å²) < 4.78 is 60.0. The van der Waals surface area contributed by atoms with Crippen LogP contribution in [-0.4, -0.2) is 50.0 Å². The van der Waals surface area contributed by atoms with E-state index in [1.165, 1.54) is 0 Å². The maximum Gasteiger partial charge on any atom is 0.476 e. The van der Waals surface area contributed by atoms with E-state index >= 15 is 0 Å². The number of aromatic nitrogens is 2. The standard InChI is InChI=1S/C28H35N3O8P2/c1-5-34-41(33,35-6-2)39-28(40(32)36-16-17-37-40)26-18-22-12-13-23(19-25(22)29-26)31(4)15-14-24-20(3)38-27(30-24)21-10-8-7-9-11-21/h7-13,18-19,28-29H,5-6,14-17H2,1-4H3. The molecule has 0 radical (unpaired) electrons. The first-order valence-electron chi connectivity index (χ1n) is 13.6. The molecule has 3 heterocycles. The van der Waals surface area contributed by atoms with E-state index in [-0.39, 0.29) is 26.4 Å². The van der Waals surface area contributed by atoms with Crippen LogP contribution in [0.3, 0.4) is 0 Å². The van der Waals surface area contributed by atoms with Crippen LogP contribution in [0.2, 0.25) is 0 Å². The van der Waals surface area contributed by atoms with E-state index in [1.54, 1.807) is 19.9 Å². The Morgan fingerprint density at radius 3 is 2.46 bits per heavy atom. The normalized spacial score (nSPS) is 15.9. The van der Waals surface area contributed by atoms with Crippen molar-refractivity contribution in [3.05, 3.63) is 71.7 Å². The number of likely N-dealkylation sites (N-methyl/N-ethyl adjacent to an activating group) is 1. The number of nitrogens with one attached hydrogen (secondary N) is 1. The minimum atomic E-state index is -4.04. The van der Waals surface area contributed by atoms with Crippen molar-refractivity contribution >= 4 is 32.0 Å². The maximum absolute atomic E-state index is 13.5. The third-order valence-corrected chi connectivity index (χ3v) is 10.5. The smallest absolute Gasteiger partial charge is 0.441 e. The number of H-pyrrole nitrogens is 1. The number of nitrogens with zero attached hydrogens (tertiary/aromatic N) is 2. The summed E-state index contributed by atoms with van der Waals surface area (Å²) in [5, 5.41) is 0.846. The Balaban J connectivity index is 1.35. The van der Waals surface area contributed by atoms with Gasteiger partial charge < -0.3 is 23.3 Å². The number of fused-ring (bicyclic) bond motifs is 1. The maximum atomic E-state index is 13.5. The van der Waals surface area contributed by atoms with Gasteiger partial charge in [0.1, 0.15) is 5.76 Å². The molecule has 2 aromatic carbocycles. The molecule has 220 valence electrons. The fraction of sp³-hybridized carbons (Fsp3) is 0.393. The van der Waals surface area contributed by atoms with Gasteiger partial charge in [-0.05, 0) is 56.5 Å². The predicted octanol–water partition coefficient (Wildman–Crippen LogP) is 7.25. The molecule has 0 bridgehead atoms. The number of aromatic amines is 1. The molecule has 1 N–H and O–H groups in total. The van der Waals surface area contributed by atoms with Crippen molar-refractivity contribution in [2.24, 2.45) is 0 Å². The number of anilines is 1. The molecule has 4 aromatic rings. The Morgan fingerprint density at radius 2 is 1.78 bits per heavy atom. The number of hydrogen-bond donors (Lipinski definition) is 1. The van der Waals surface area contributed by atoms with Gasteiger partial charge in [-0.1, -0.05) is 24.3 Å². The average molecular weight is 604 g/mol. The van der Waals surface area contributed by atoms with Crippen molar-refractivity contribution in [2.45, 2.75) is 33.0 Å². The predicted molar refractivity (Wildman–Crippen MR) is 156 cm³/mol. The Labute approximate surface area is 239 Å². The third-order valence-electron chi connectivity index (χ3n) is 6.65. The fourth-order valence-corrected chi connectivity index (χ4v) is 8.08. The topological polar surface area (TPSA) is 125 Å². The molecule has 0 amide bonds. The first-order chi connectivity index (χ1) is 19.7. The quantitative estimate of drug-likeness (QED) is 0.156. The Morgan fingerprint density at radius 1 is 1.07 bits per heavy atom. The molecule has 11 nitrogen and oxygen atoms in total. The number of oxazole rings is 1. The van der Waals surface area contributed by atoms with Crippen LogP contribution < -0.4 is 4.90 Å². The van der Waals surface area contributed by atoms with Crippen LogP contribution in [0.4, 0.5) is 5.69 Å². The van der Waals surface area contributed by atoms with Gasteiger partial charge in [0, 0.05) is 36.8 Å².